The van der Waals surface area contributed by atoms with E-state index in [9.17, 15) is 4.79 Å². The van der Waals surface area contributed by atoms with Crippen molar-refractivity contribution < 1.29 is 9.53 Å². The Labute approximate surface area is 140 Å². The van der Waals surface area contributed by atoms with Crippen molar-refractivity contribution in [3.63, 3.8) is 0 Å². The molecule has 1 N–H and O–H groups in total. The minimum atomic E-state index is -0.0267. The van der Waals surface area contributed by atoms with E-state index in [1.165, 1.54) is 0 Å². The van der Waals surface area contributed by atoms with Crippen molar-refractivity contribution in [2.24, 2.45) is 0 Å². The van der Waals surface area contributed by atoms with Crippen molar-refractivity contribution in [2.45, 2.75) is 12.0 Å². The van der Waals surface area contributed by atoms with Crippen LogP contribution in [0.15, 0.2) is 24.3 Å². The van der Waals surface area contributed by atoms with E-state index in [4.69, 9.17) is 16.3 Å². The minimum absolute atomic E-state index is 0.0267. The molecule has 1 atom stereocenters. The predicted octanol–water partition coefficient (Wildman–Crippen LogP) is 2.28. The van der Waals surface area contributed by atoms with Gasteiger partial charge in [0.25, 0.3) is 5.91 Å². The number of benzene rings is 1. The summed E-state index contributed by atoms with van der Waals surface area (Å²) in [5.41, 5.74) is 0.739. The van der Waals surface area contributed by atoms with Crippen molar-refractivity contribution >= 4 is 29.3 Å². The van der Waals surface area contributed by atoms with Gasteiger partial charge in [-0.15, -0.1) is 0 Å². The highest BCUT2D eigenvalue weighted by Gasteiger charge is 2.40. The van der Waals surface area contributed by atoms with Gasteiger partial charge < -0.3 is 10.1 Å². The molecule has 0 spiro atoms. The fourth-order valence-electron chi connectivity index (χ4n) is 3.08. The molecule has 3 rings (SSSR count). The maximum absolute atomic E-state index is 12.3. The van der Waals surface area contributed by atoms with E-state index in [2.05, 4.69) is 10.2 Å². The van der Waals surface area contributed by atoms with E-state index >= 15 is 0 Å². The summed E-state index contributed by atoms with van der Waals surface area (Å²) in [6, 6.07) is 7.03. The molecule has 0 aliphatic carbocycles. The predicted molar refractivity (Wildman–Crippen MR) is 90.9 cm³/mol. The van der Waals surface area contributed by atoms with Crippen molar-refractivity contribution in [2.75, 3.05) is 44.4 Å². The summed E-state index contributed by atoms with van der Waals surface area (Å²) in [5.74, 6) is 2.21. The maximum atomic E-state index is 12.3. The highest BCUT2D eigenvalue weighted by atomic mass is 35.5. The minimum Gasteiger partial charge on any atom is -0.379 e. The van der Waals surface area contributed by atoms with Gasteiger partial charge in [0, 0.05) is 41.5 Å². The molecular formula is C16H21ClN2O2S. The largest absolute Gasteiger partial charge is 0.379 e. The topological polar surface area (TPSA) is 41.6 Å². The van der Waals surface area contributed by atoms with Crippen LogP contribution in [0.5, 0.6) is 0 Å². The van der Waals surface area contributed by atoms with Gasteiger partial charge in [-0.1, -0.05) is 11.6 Å². The fraction of sp³-hybridized carbons (Fsp3) is 0.562. The third-order valence-electron chi connectivity index (χ3n) is 4.45. The number of carbonyl (C=O) groups is 1. The Kier molecular flexibility index (Phi) is 5.29. The summed E-state index contributed by atoms with van der Waals surface area (Å²) >= 11 is 7.84. The molecule has 1 unspecified atom stereocenters. The molecule has 22 heavy (non-hydrogen) atoms. The Hall–Kier alpha value is -0.750. The molecule has 0 bridgehead atoms. The van der Waals surface area contributed by atoms with Gasteiger partial charge in [0.2, 0.25) is 0 Å². The standard InChI is InChI=1S/C16H21ClN2O2S/c17-14-3-1-13(2-4-14)15(20)18-11-16(5-10-22-12-16)19-6-8-21-9-7-19/h1-4H,5-12H2,(H,18,20). The van der Waals surface area contributed by atoms with Crippen LogP contribution in [0.4, 0.5) is 0 Å². The average molecular weight is 341 g/mol. The van der Waals surface area contributed by atoms with Crippen LogP contribution in [0.3, 0.4) is 0 Å². The Morgan fingerprint density at radius 1 is 1.32 bits per heavy atom. The quantitative estimate of drug-likeness (QED) is 0.913. The summed E-state index contributed by atoms with van der Waals surface area (Å²) in [6.45, 7) is 4.19. The molecule has 2 saturated heterocycles. The molecule has 2 heterocycles. The number of hydrogen-bond donors (Lipinski definition) is 1. The van der Waals surface area contributed by atoms with Crippen molar-refractivity contribution in [1.29, 1.82) is 0 Å². The van der Waals surface area contributed by atoms with Crippen LogP contribution in [0.2, 0.25) is 5.02 Å². The van der Waals surface area contributed by atoms with E-state index in [1.807, 2.05) is 11.8 Å². The lowest BCUT2D eigenvalue weighted by Gasteiger charge is -2.43. The Bertz CT molecular complexity index is 511. The van der Waals surface area contributed by atoms with Crippen molar-refractivity contribution in [3.05, 3.63) is 34.9 Å². The summed E-state index contributed by atoms with van der Waals surface area (Å²) in [4.78, 5) is 14.8. The lowest BCUT2D eigenvalue weighted by molar-refractivity contribution is -0.0129. The summed E-state index contributed by atoms with van der Waals surface area (Å²) in [5, 5.41) is 3.77. The zero-order valence-electron chi connectivity index (χ0n) is 12.5. The molecule has 0 aromatic heterocycles. The molecular weight excluding hydrogens is 320 g/mol. The molecule has 1 aromatic carbocycles. The van der Waals surface area contributed by atoms with Gasteiger partial charge in [-0.25, -0.2) is 0 Å². The number of carbonyl (C=O) groups excluding carboxylic acids is 1. The van der Waals surface area contributed by atoms with Gasteiger partial charge in [0.1, 0.15) is 0 Å². The van der Waals surface area contributed by atoms with Crippen molar-refractivity contribution in [1.82, 2.24) is 10.2 Å². The molecule has 0 saturated carbocycles. The number of amides is 1. The summed E-state index contributed by atoms with van der Waals surface area (Å²) in [7, 11) is 0. The van der Waals surface area contributed by atoms with E-state index < -0.39 is 0 Å². The summed E-state index contributed by atoms with van der Waals surface area (Å²) < 4.78 is 5.46. The second-order valence-electron chi connectivity index (χ2n) is 5.82. The third-order valence-corrected chi connectivity index (χ3v) is 5.94. The van der Waals surface area contributed by atoms with Crippen LogP contribution in [-0.4, -0.2) is 60.7 Å². The number of morpholine rings is 1. The Morgan fingerprint density at radius 2 is 2.05 bits per heavy atom. The second kappa shape index (κ2) is 7.21. The van der Waals surface area contributed by atoms with Gasteiger partial charge in [-0.3, -0.25) is 9.69 Å². The number of rotatable bonds is 4. The molecule has 120 valence electrons. The molecule has 1 amide bonds. The van der Waals surface area contributed by atoms with Gasteiger partial charge in [-0.2, -0.15) is 11.8 Å². The first kappa shape index (κ1) is 16.1. The average Bonchev–Trinajstić information content (AvgIpc) is 3.04. The molecule has 6 heteroatoms. The molecule has 4 nitrogen and oxygen atoms in total. The van der Waals surface area contributed by atoms with Gasteiger partial charge >= 0.3 is 0 Å². The van der Waals surface area contributed by atoms with Gasteiger partial charge in [-0.05, 0) is 36.4 Å². The highest BCUT2D eigenvalue weighted by molar-refractivity contribution is 7.99. The summed E-state index contributed by atoms with van der Waals surface area (Å²) in [6.07, 6.45) is 1.12. The van der Waals surface area contributed by atoms with E-state index in [-0.39, 0.29) is 11.4 Å². The number of ether oxygens (including phenoxy) is 1. The zero-order valence-corrected chi connectivity index (χ0v) is 14.1. The molecule has 1 aromatic rings. The number of hydrogen-bond acceptors (Lipinski definition) is 4. The normalized spacial score (nSPS) is 26.0. The number of thioether (sulfide) groups is 1. The first-order valence-corrected chi connectivity index (χ1v) is 9.17. The number of nitrogens with zero attached hydrogens (tertiary/aromatic N) is 1. The van der Waals surface area contributed by atoms with Gasteiger partial charge in [0.15, 0.2) is 0 Å². The number of nitrogens with one attached hydrogen (secondary N) is 1. The van der Waals surface area contributed by atoms with Gasteiger partial charge in [0.05, 0.1) is 13.2 Å². The molecule has 0 radical (unpaired) electrons. The Morgan fingerprint density at radius 3 is 2.68 bits per heavy atom. The van der Waals surface area contributed by atoms with Crippen LogP contribution in [-0.2, 0) is 4.74 Å². The molecule has 2 aliphatic heterocycles. The smallest absolute Gasteiger partial charge is 0.251 e. The third kappa shape index (κ3) is 3.59. The number of halogens is 1. The monoisotopic (exact) mass is 340 g/mol. The zero-order chi connectivity index (χ0) is 15.4. The van der Waals surface area contributed by atoms with Crippen LogP contribution in [0.1, 0.15) is 16.8 Å². The molecule has 2 aliphatic rings. The lowest BCUT2D eigenvalue weighted by atomic mass is 9.95. The van der Waals surface area contributed by atoms with Crippen LogP contribution in [0, 0.1) is 0 Å². The first-order chi connectivity index (χ1) is 10.7. The lowest BCUT2D eigenvalue weighted by Crippen LogP contribution is -2.59. The van der Waals surface area contributed by atoms with Crippen LogP contribution >= 0.6 is 23.4 Å². The second-order valence-corrected chi connectivity index (χ2v) is 7.36. The van der Waals surface area contributed by atoms with E-state index in [1.54, 1.807) is 24.3 Å². The van der Waals surface area contributed by atoms with Crippen LogP contribution < -0.4 is 5.32 Å². The fourth-order valence-corrected chi connectivity index (χ4v) is 4.69. The molecule has 2 fully saturated rings. The SMILES string of the molecule is O=C(NCC1(N2CCOCC2)CCSC1)c1ccc(Cl)cc1. The first-order valence-electron chi connectivity index (χ1n) is 7.64. The van der Waals surface area contributed by atoms with E-state index in [0.29, 0.717) is 17.1 Å². The van der Waals surface area contributed by atoms with E-state index in [0.717, 1.165) is 44.2 Å². The van der Waals surface area contributed by atoms with Crippen molar-refractivity contribution in [3.8, 4) is 0 Å². The highest BCUT2D eigenvalue weighted by Crippen LogP contribution is 2.33. The van der Waals surface area contributed by atoms with Crippen LogP contribution in [0.25, 0.3) is 0 Å². The Balaban J connectivity index is 1.64. The maximum Gasteiger partial charge on any atom is 0.251 e.